The van der Waals surface area contributed by atoms with Crippen LogP contribution in [-0.2, 0) is 16.6 Å². The highest BCUT2D eigenvalue weighted by Gasteiger charge is 2.19. The zero-order valence-electron chi connectivity index (χ0n) is 13.3. The molecule has 0 saturated heterocycles. The number of hydrogen-bond acceptors (Lipinski definition) is 4. The fourth-order valence-corrected chi connectivity index (χ4v) is 3.48. The molecule has 2 N–H and O–H groups in total. The van der Waals surface area contributed by atoms with Gasteiger partial charge in [-0.2, -0.15) is 0 Å². The zero-order valence-corrected chi connectivity index (χ0v) is 14.9. The molecule has 1 heterocycles. The minimum atomic E-state index is -3.70. The largest absolute Gasteiger partial charge is 0.348 e. The number of aromatic nitrogens is 1. The van der Waals surface area contributed by atoms with E-state index in [1.807, 2.05) is 6.07 Å². The van der Waals surface area contributed by atoms with Crippen molar-refractivity contribution in [1.82, 2.24) is 15.0 Å². The van der Waals surface area contributed by atoms with E-state index in [-0.39, 0.29) is 28.1 Å². The second kappa shape index (κ2) is 7.74. The third-order valence-corrected chi connectivity index (χ3v) is 5.05. The van der Waals surface area contributed by atoms with Crippen molar-refractivity contribution < 1.29 is 13.2 Å². The summed E-state index contributed by atoms with van der Waals surface area (Å²) in [5.41, 5.74) is 0.930. The van der Waals surface area contributed by atoms with Crippen molar-refractivity contribution in [3.8, 4) is 0 Å². The Balaban J connectivity index is 2.20. The molecule has 0 fully saturated rings. The Morgan fingerprint density at radius 1 is 1.29 bits per heavy atom. The third-order valence-electron chi connectivity index (χ3n) is 3.06. The first kappa shape index (κ1) is 18.4. The van der Waals surface area contributed by atoms with Crippen molar-refractivity contribution in [2.45, 2.75) is 31.3 Å². The van der Waals surface area contributed by atoms with Crippen LogP contribution in [0.1, 0.15) is 29.8 Å². The van der Waals surface area contributed by atoms with Crippen LogP contribution in [0.2, 0.25) is 5.02 Å². The summed E-state index contributed by atoms with van der Waals surface area (Å²) in [6, 6.07) is 7.36. The summed E-state index contributed by atoms with van der Waals surface area (Å²) in [4.78, 5) is 16.3. The molecule has 0 atom stereocenters. The zero-order chi connectivity index (χ0) is 17.7. The van der Waals surface area contributed by atoms with Gasteiger partial charge in [-0.15, -0.1) is 0 Å². The van der Waals surface area contributed by atoms with Gasteiger partial charge >= 0.3 is 0 Å². The summed E-state index contributed by atoms with van der Waals surface area (Å²) >= 11 is 6.04. The molecule has 0 radical (unpaired) electrons. The quantitative estimate of drug-likeness (QED) is 0.820. The Morgan fingerprint density at radius 3 is 2.67 bits per heavy atom. The lowest BCUT2D eigenvalue weighted by molar-refractivity contribution is 0.0951. The number of carbonyl (C=O) groups is 1. The molecular weight excluding hydrogens is 350 g/mol. The fourth-order valence-electron chi connectivity index (χ4n) is 2.00. The highest BCUT2D eigenvalue weighted by molar-refractivity contribution is 7.89. The van der Waals surface area contributed by atoms with Crippen molar-refractivity contribution in [2.24, 2.45) is 0 Å². The predicted molar refractivity (Wildman–Crippen MR) is 92.3 cm³/mol. The van der Waals surface area contributed by atoms with E-state index >= 15 is 0 Å². The summed E-state index contributed by atoms with van der Waals surface area (Å²) in [6.07, 6.45) is 3.27. The van der Waals surface area contributed by atoms with E-state index in [4.69, 9.17) is 11.6 Å². The van der Waals surface area contributed by atoms with Gasteiger partial charge in [0.25, 0.3) is 5.91 Å². The Bertz CT molecular complexity index is 824. The van der Waals surface area contributed by atoms with E-state index in [1.165, 1.54) is 18.2 Å². The molecule has 128 valence electrons. The number of rotatable bonds is 6. The standard InChI is InChI=1S/C16H18ClN3O3S/c1-11(2)20-24(22,23)13-5-6-15(17)14(8-13)16(21)19-10-12-4-3-7-18-9-12/h3-9,11,20H,10H2,1-2H3,(H,19,21). The lowest BCUT2D eigenvalue weighted by Crippen LogP contribution is -2.30. The Kier molecular flexibility index (Phi) is 5.93. The number of hydrogen-bond donors (Lipinski definition) is 2. The first-order valence-corrected chi connectivity index (χ1v) is 9.14. The van der Waals surface area contributed by atoms with Crippen molar-refractivity contribution in [1.29, 1.82) is 0 Å². The van der Waals surface area contributed by atoms with Crippen LogP contribution >= 0.6 is 11.6 Å². The summed E-state index contributed by atoms with van der Waals surface area (Å²) in [5.74, 6) is -0.453. The van der Waals surface area contributed by atoms with Gasteiger partial charge in [-0.1, -0.05) is 17.7 Å². The lowest BCUT2D eigenvalue weighted by atomic mass is 10.2. The van der Waals surface area contributed by atoms with Crippen LogP contribution in [0.3, 0.4) is 0 Å². The Labute approximate surface area is 146 Å². The van der Waals surface area contributed by atoms with Gasteiger partial charge in [0.15, 0.2) is 0 Å². The van der Waals surface area contributed by atoms with E-state index in [2.05, 4.69) is 15.0 Å². The van der Waals surface area contributed by atoms with Crippen LogP contribution in [0, 0.1) is 0 Å². The first-order chi connectivity index (χ1) is 11.3. The predicted octanol–water partition coefficient (Wildman–Crippen LogP) is 2.35. The first-order valence-electron chi connectivity index (χ1n) is 7.28. The summed E-state index contributed by atoms with van der Waals surface area (Å²) in [5, 5.41) is 2.88. The minimum Gasteiger partial charge on any atom is -0.348 e. The van der Waals surface area contributed by atoms with Gasteiger partial charge in [0.05, 0.1) is 15.5 Å². The SMILES string of the molecule is CC(C)NS(=O)(=O)c1ccc(Cl)c(C(=O)NCc2cccnc2)c1. The van der Waals surface area contributed by atoms with Crippen LogP contribution in [0.15, 0.2) is 47.6 Å². The second-order valence-corrected chi connectivity index (χ2v) is 7.58. The molecule has 8 heteroatoms. The van der Waals surface area contributed by atoms with Gasteiger partial charge in [0, 0.05) is 25.0 Å². The summed E-state index contributed by atoms with van der Waals surface area (Å²) in [7, 11) is -3.70. The number of carbonyl (C=O) groups excluding carboxylic acids is 1. The van der Waals surface area contributed by atoms with Gasteiger partial charge in [-0.05, 0) is 43.7 Å². The Morgan fingerprint density at radius 2 is 2.04 bits per heavy atom. The molecule has 24 heavy (non-hydrogen) atoms. The average molecular weight is 368 g/mol. The molecule has 0 aliphatic carbocycles. The van der Waals surface area contributed by atoms with Crippen molar-refractivity contribution in [2.75, 3.05) is 0 Å². The average Bonchev–Trinajstić information content (AvgIpc) is 2.52. The van der Waals surface area contributed by atoms with E-state index in [9.17, 15) is 13.2 Å². The number of halogens is 1. The maximum Gasteiger partial charge on any atom is 0.253 e. The highest BCUT2D eigenvalue weighted by atomic mass is 35.5. The molecule has 0 saturated carbocycles. The highest BCUT2D eigenvalue weighted by Crippen LogP contribution is 2.21. The second-order valence-electron chi connectivity index (χ2n) is 5.46. The maximum atomic E-state index is 12.3. The molecule has 0 spiro atoms. The molecule has 1 aromatic carbocycles. The van der Waals surface area contributed by atoms with Crippen LogP contribution in [0.5, 0.6) is 0 Å². The van der Waals surface area contributed by atoms with Crippen LogP contribution in [-0.4, -0.2) is 25.4 Å². The number of pyridine rings is 1. The van der Waals surface area contributed by atoms with Crippen molar-refractivity contribution >= 4 is 27.5 Å². The third kappa shape index (κ3) is 4.77. The van der Waals surface area contributed by atoms with E-state index < -0.39 is 15.9 Å². The summed E-state index contributed by atoms with van der Waals surface area (Å²) in [6.45, 7) is 3.70. The van der Waals surface area contributed by atoms with E-state index in [1.54, 1.807) is 32.3 Å². The smallest absolute Gasteiger partial charge is 0.253 e. The number of nitrogens with zero attached hydrogens (tertiary/aromatic N) is 1. The number of sulfonamides is 1. The van der Waals surface area contributed by atoms with Crippen LogP contribution < -0.4 is 10.0 Å². The number of benzene rings is 1. The molecule has 0 aliphatic rings. The monoisotopic (exact) mass is 367 g/mol. The number of nitrogens with one attached hydrogen (secondary N) is 2. The molecule has 6 nitrogen and oxygen atoms in total. The van der Waals surface area contributed by atoms with Gasteiger partial charge in [-0.3, -0.25) is 9.78 Å². The van der Waals surface area contributed by atoms with E-state index in [0.29, 0.717) is 0 Å². The Hall–Kier alpha value is -1.96. The van der Waals surface area contributed by atoms with Gasteiger partial charge in [0.2, 0.25) is 10.0 Å². The van der Waals surface area contributed by atoms with Crippen LogP contribution in [0.25, 0.3) is 0 Å². The van der Waals surface area contributed by atoms with Crippen LogP contribution in [0.4, 0.5) is 0 Å². The molecule has 0 unspecified atom stereocenters. The molecule has 2 aromatic rings. The molecule has 2 rings (SSSR count). The minimum absolute atomic E-state index is 0.00729. The van der Waals surface area contributed by atoms with Crippen molar-refractivity contribution in [3.63, 3.8) is 0 Å². The van der Waals surface area contributed by atoms with Crippen molar-refractivity contribution in [3.05, 3.63) is 58.9 Å². The number of amides is 1. The van der Waals surface area contributed by atoms with Gasteiger partial charge in [-0.25, -0.2) is 13.1 Å². The summed E-state index contributed by atoms with van der Waals surface area (Å²) < 4.78 is 26.9. The molecular formula is C16H18ClN3O3S. The van der Waals surface area contributed by atoms with E-state index in [0.717, 1.165) is 5.56 Å². The van der Waals surface area contributed by atoms with Gasteiger partial charge in [0.1, 0.15) is 0 Å². The van der Waals surface area contributed by atoms with Gasteiger partial charge < -0.3 is 5.32 Å². The topological polar surface area (TPSA) is 88.2 Å². The normalized spacial score (nSPS) is 11.5. The molecule has 0 aliphatic heterocycles. The molecule has 1 amide bonds. The lowest BCUT2D eigenvalue weighted by Gasteiger charge is -2.12. The fraction of sp³-hybridized carbons (Fsp3) is 0.250. The molecule has 1 aromatic heterocycles. The maximum absolute atomic E-state index is 12.3. The molecule has 0 bridgehead atoms.